The first-order chi connectivity index (χ1) is 12.4. The number of aryl methyl sites for hydroxylation is 1. The van der Waals surface area contributed by atoms with Gasteiger partial charge in [-0.3, -0.25) is 4.79 Å². The summed E-state index contributed by atoms with van der Waals surface area (Å²) < 4.78 is 14.6. The number of benzene rings is 2. The van der Waals surface area contributed by atoms with Gasteiger partial charge < -0.3 is 4.90 Å². The van der Waals surface area contributed by atoms with E-state index in [1.54, 1.807) is 43.1 Å². The molecule has 0 unspecified atom stereocenters. The van der Waals surface area contributed by atoms with Crippen molar-refractivity contribution in [3.63, 3.8) is 0 Å². The lowest BCUT2D eigenvalue weighted by Crippen LogP contribution is -2.30. The van der Waals surface area contributed by atoms with Crippen LogP contribution in [0.15, 0.2) is 48.5 Å². The Morgan fingerprint density at radius 2 is 1.77 bits per heavy atom. The Morgan fingerprint density at radius 1 is 1.15 bits per heavy atom. The van der Waals surface area contributed by atoms with Gasteiger partial charge in [0.2, 0.25) is 5.82 Å². The standard InChI is InChI=1S/C19H18ClFN4O/c1-12(14-4-6-15(20)7-5-14)24(3)19(26)18-22-13(2)25(23-18)17-10-8-16(21)9-11-17/h4-12H,1-3H3/t12-/m1/s1. The lowest BCUT2D eigenvalue weighted by atomic mass is 10.1. The van der Waals surface area contributed by atoms with Gasteiger partial charge in [0.1, 0.15) is 11.6 Å². The third kappa shape index (κ3) is 3.60. The topological polar surface area (TPSA) is 51.0 Å². The van der Waals surface area contributed by atoms with E-state index in [1.165, 1.54) is 16.8 Å². The number of amides is 1. The summed E-state index contributed by atoms with van der Waals surface area (Å²) in [5.41, 5.74) is 1.60. The summed E-state index contributed by atoms with van der Waals surface area (Å²) in [7, 11) is 1.70. The fraction of sp³-hybridized carbons (Fsp3) is 0.211. The van der Waals surface area contributed by atoms with E-state index in [9.17, 15) is 9.18 Å². The maximum Gasteiger partial charge on any atom is 0.293 e. The van der Waals surface area contributed by atoms with Crippen LogP contribution in [0.2, 0.25) is 5.02 Å². The number of carbonyl (C=O) groups is 1. The van der Waals surface area contributed by atoms with Crippen LogP contribution in [0.4, 0.5) is 4.39 Å². The molecule has 1 amide bonds. The molecule has 3 aromatic rings. The van der Waals surface area contributed by atoms with Crippen molar-refractivity contribution in [1.82, 2.24) is 19.7 Å². The lowest BCUT2D eigenvalue weighted by Gasteiger charge is -2.24. The largest absolute Gasteiger partial charge is 0.332 e. The van der Waals surface area contributed by atoms with Crippen LogP contribution >= 0.6 is 11.6 Å². The summed E-state index contributed by atoms with van der Waals surface area (Å²) >= 11 is 5.92. The van der Waals surface area contributed by atoms with Crippen molar-refractivity contribution >= 4 is 17.5 Å². The minimum absolute atomic E-state index is 0.0927. The third-order valence-corrected chi connectivity index (χ3v) is 4.54. The van der Waals surface area contributed by atoms with Crippen molar-refractivity contribution in [1.29, 1.82) is 0 Å². The minimum atomic E-state index is -0.334. The minimum Gasteiger partial charge on any atom is -0.332 e. The quantitative estimate of drug-likeness (QED) is 0.689. The van der Waals surface area contributed by atoms with Gasteiger partial charge in [-0.1, -0.05) is 23.7 Å². The molecule has 0 N–H and O–H groups in total. The molecule has 0 aliphatic carbocycles. The first kappa shape index (κ1) is 18.1. The zero-order chi connectivity index (χ0) is 18.8. The van der Waals surface area contributed by atoms with E-state index in [1.807, 2.05) is 19.1 Å². The van der Waals surface area contributed by atoms with Crippen molar-refractivity contribution in [2.75, 3.05) is 7.05 Å². The Hall–Kier alpha value is -2.73. The number of halogens is 2. The van der Waals surface area contributed by atoms with Gasteiger partial charge in [0.25, 0.3) is 5.91 Å². The molecule has 3 rings (SSSR count). The van der Waals surface area contributed by atoms with E-state index in [-0.39, 0.29) is 23.6 Å². The number of aromatic nitrogens is 3. The van der Waals surface area contributed by atoms with E-state index in [2.05, 4.69) is 10.1 Å². The van der Waals surface area contributed by atoms with Crippen LogP contribution in [0.3, 0.4) is 0 Å². The van der Waals surface area contributed by atoms with Gasteiger partial charge in [-0.05, 0) is 55.8 Å². The number of carbonyl (C=O) groups excluding carboxylic acids is 1. The van der Waals surface area contributed by atoms with Crippen LogP contribution < -0.4 is 0 Å². The first-order valence-corrected chi connectivity index (χ1v) is 8.47. The van der Waals surface area contributed by atoms with Crippen molar-refractivity contribution in [2.45, 2.75) is 19.9 Å². The highest BCUT2D eigenvalue weighted by molar-refractivity contribution is 6.30. The van der Waals surface area contributed by atoms with Gasteiger partial charge >= 0.3 is 0 Å². The van der Waals surface area contributed by atoms with Gasteiger partial charge in [0, 0.05) is 12.1 Å². The van der Waals surface area contributed by atoms with Gasteiger partial charge in [-0.25, -0.2) is 14.1 Å². The summed E-state index contributed by atoms with van der Waals surface area (Å²) in [6, 6.07) is 13.0. The highest BCUT2D eigenvalue weighted by Crippen LogP contribution is 2.22. The van der Waals surface area contributed by atoms with E-state index in [0.29, 0.717) is 16.5 Å². The molecule has 1 heterocycles. The monoisotopic (exact) mass is 372 g/mol. The highest BCUT2D eigenvalue weighted by atomic mass is 35.5. The SMILES string of the molecule is Cc1nc(C(=O)N(C)[C@H](C)c2ccc(Cl)cc2)nn1-c1ccc(F)cc1. The Labute approximate surface area is 156 Å². The number of hydrogen-bond donors (Lipinski definition) is 0. The molecule has 0 spiro atoms. The van der Waals surface area contributed by atoms with Crippen LogP contribution in [-0.2, 0) is 0 Å². The molecule has 0 radical (unpaired) electrons. The summed E-state index contributed by atoms with van der Waals surface area (Å²) in [4.78, 5) is 18.6. The second-order valence-electron chi connectivity index (χ2n) is 6.01. The van der Waals surface area contributed by atoms with Crippen LogP contribution in [-0.4, -0.2) is 32.6 Å². The Kier molecular flexibility index (Phi) is 5.04. The number of rotatable bonds is 4. The predicted octanol–water partition coefficient (Wildman–Crippen LogP) is 4.20. The fourth-order valence-corrected chi connectivity index (χ4v) is 2.73. The summed E-state index contributed by atoms with van der Waals surface area (Å²) in [5.74, 6) is 0.0124. The number of nitrogens with zero attached hydrogens (tertiary/aromatic N) is 4. The summed E-state index contributed by atoms with van der Waals surface area (Å²) in [5, 5.41) is 4.94. The Morgan fingerprint density at radius 3 is 2.38 bits per heavy atom. The molecule has 1 aromatic heterocycles. The van der Waals surface area contributed by atoms with Crippen molar-refractivity contribution < 1.29 is 9.18 Å². The van der Waals surface area contributed by atoms with Gasteiger partial charge in [-0.2, -0.15) is 0 Å². The van der Waals surface area contributed by atoms with E-state index in [0.717, 1.165) is 5.56 Å². The number of hydrogen-bond acceptors (Lipinski definition) is 3. The molecule has 7 heteroatoms. The molecule has 1 atom stereocenters. The van der Waals surface area contributed by atoms with Crippen molar-refractivity contribution in [3.05, 3.63) is 76.6 Å². The Balaban J connectivity index is 1.84. The Bertz CT molecular complexity index is 922. The zero-order valence-corrected chi connectivity index (χ0v) is 15.4. The average Bonchev–Trinajstić information content (AvgIpc) is 3.03. The molecule has 0 saturated carbocycles. The van der Waals surface area contributed by atoms with Crippen LogP contribution in [0.1, 0.15) is 35.0 Å². The average molecular weight is 373 g/mol. The molecular weight excluding hydrogens is 355 g/mol. The smallest absolute Gasteiger partial charge is 0.293 e. The van der Waals surface area contributed by atoms with E-state index in [4.69, 9.17) is 11.6 Å². The molecule has 0 aliphatic heterocycles. The molecule has 0 bridgehead atoms. The molecule has 26 heavy (non-hydrogen) atoms. The molecule has 0 fully saturated rings. The molecule has 134 valence electrons. The first-order valence-electron chi connectivity index (χ1n) is 8.09. The highest BCUT2D eigenvalue weighted by Gasteiger charge is 2.23. The maximum absolute atomic E-state index is 13.1. The van der Waals surface area contributed by atoms with Crippen LogP contribution in [0.5, 0.6) is 0 Å². The van der Waals surface area contributed by atoms with Crippen molar-refractivity contribution in [2.24, 2.45) is 0 Å². The zero-order valence-electron chi connectivity index (χ0n) is 14.6. The molecule has 0 saturated heterocycles. The summed E-state index contributed by atoms with van der Waals surface area (Å²) in [6.45, 7) is 3.67. The van der Waals surface area contributed by atoms with Gasteiger partial charge in [0.05, 0.1) is 11.7 Å². The maximum atomic E-state index is 13.1. The van der Waals surface area contributed by atoms with Crippen molar-refractivity contribution in [3.8, 4) is 5.69 Å². The van der Waals surface area contributed by atoms with Gasteiger partial charge in [-0.15, -0.1) is 5.10 Å². The predicted molar refractivity (Wildman–Crippen MR) is 98.0 cm³/mol. The third-order valence-electron chi connectivity index (χ3n) is 4.29. The van der Waals surface area contributed by atoms with E-state index < -0.39 is 0 Å². The van der Waals surface area contributed by atoms with Crippen LogP contribution in [0, 0.1) is 12.7 Å². The summed E-state index contributed by atoms with van der Waals surface area (Å²) in [6.07, 6.45) is 0. The molecule has 2 aromatic carbocycles. The van der Waals surface area contributed by atoms with E-state index >= 15 is 0 Å². The fourth-order valence-electron chi connectivity index (χ4n) is 2.61. The second kappa shape index (κ2) is 7.25. The van der Waals surface area contributed by atoms with Crippen LogP contribution in [0.25, 0.3) is 5.69 Å². The molecule has 0 aliphatic rings. The van der Waals surface area contributed by atoms with Gasteiger partial charge in [0.15, 0.2) is 0 Å². The lowest BCUT2D eigenvalue weighted by molar-refractivity contribution is 0.0730. The second-order valence-corrected chi connectivity index (χ2v) is 6.45. The normalized spacial score (nSPS) is 12.0. The molecule has 5 nitrogen and oxygen atoms in total. The molecular formula is C19H18ClFN4O.